The molecule has 0 fully saturated rings. The Kier molecular flexibility index (Phi) is 3.05. The second kappa shape index (κ2) is 4.98. The molecule has 2 aromatic carbocycles. The van der Waals surface area contributed by atoms with Crippen molar-refractivity contribution >= 4 is 27.2 Å². The molecule has 1 aliphatic heterocycles. The highest BCUT2D eigenvalue weighted by Gasteiger charge is 2.24. The molecule has 23 heavy (non-hydrogen) atoms. The molecule has 3 heteroatoms. The van der Waals surface area contributed by atoms with E-state index in [1.54, 1.807) is 0 Å². The van der Waals surface area contributed by atoms with Gasteiger partial charge in [-0.15, -0.1) is 0 Å². The molecule has 0 unspecified atom stereocenters. The van der Waals surface area contributed by atoms with Gasteiger partial charge in [-0.3, -0.25) is 4.98 Å². The second-order valence-electron chi connectivity index (χ2n) is 6.45. The first kappa shape index (κ1) is 14.1. The van der Waals surface area contributed by atoms with E-state index in [1.165, 1.54) is 38.4 Å². The molecule has 3 nitrogen and oxygen atoms in total. The molecule has 1 atom stereocenters. The zero-order valence-electron chi connectivity index (χ0n) is 14.0. The van der Waals surface area contributed by atoms with Gasteiger partial charge in [-0.2, -0.15) is 0 Å². The Balaban J connectivity index is 2.09. The molecule has 0 saturated heterocycles. The van der Waals surface area contributed by atoms with Crippen molar-refractivity contribution in [2.24, 2.45) is 0 Å². The molecule has 0 saturated carbocycles. The predicted octanol–water partition coefficient (Wildman–Crippen LogP) is 4.57. The zero-order chi connectivity index (χ0) is 16.1. The van der Waals surface area contributed by atoms with Gasteiger partial charge in [0.1, 0.15) is 6.17 Å². The smallest absolute Gasteiger partial charge is 0.102 e. The van der Waals surface area contributed by atoms with Gasteiger partial charge in [-0.1, -0.05) is 18.2 Å². The predicted molar refractivity (Wildman–Crippen MR) is 97.6 cm³/mol. The maximum atomic E-state index is 4.34. The Morgan fingerprint density at radius 2 is 1.83 bits per heavy atom. The van der Waals surface area contributed by atoms with Crippen LogP contribution >= 0.6 is 0 Å². The molecule has 0 bridgehead atoms. The quantitative estimate of drug-likeness (QED) is 0.614. The van der Waals surface area contributed by atoms with Crippen LogP contribution < -0.4 is 4.90 Å². The van der Waals surface area contributed by atoms with Gasteiger partial charge >= 0.3 is 0 Å². The van der Waals surface area contributed by atoms with Crippen LogP contribution in [-0.4, -0.2) is 23.1 Å². The maximum absolute atomic E-state index is 4.34. The Morgan fingerprint density at radius 3 is 2.57 bits per heavy atom. The van der Waals surface area contributed by atoms with Crippen LogP contribution in [0, 0.1) is 13.8 Å². The van der Waals surface area contributed by atoms with E-state index in [4.69, 9.17) is 0 Å². The fourth-order valence-electron chi connectivity index (χ4n) is 3.69. The van der Waals surface area contributed by atoms with Crippen LogP contribution in [0.2, 0.25) is 0 Å². The zero-order valence-corrected chi connectivity index (χ0v) is 14.0. The minimum absolute atomic E-state index is 0.323. The highest BCUT2D eigenvalue weighted by Crippen LogP contribution is 2.39. The Bertz CT molecular complexity index is 942. The van der Waals surface area contributed by atoms with E-state index in [-0.39, 0.29) is 0 Å². The third-order valence-electron chi connectivity index (χ3n) is 4.99. The molecule has 0 radical (unpaired) electrons. The summed E-state index contributed by atoms with van der Waals surface area (Å²) >= 11 is 0. The van der Waals surface area contributed by atoms with Crippen molar-refractivity contribution in [2.45, 2.75) is 26.9 Å². The van der Waals surface area contributed by atoms with Gasteiger partial charge in [0.15, 0.2) is 0 Å². The van der Waals surface area contributed by atoms with Gasteiger partial charge in [-0.05, 0) is 48.7 Å². The SMILES string of the molecule is Cc1cc(C)c2c(ccc3ccncc32)c1N1C=CN(C)[C@@H]1C. The first-order valence-corrected chi connectivity index (χ1v) is 8.03. The van der Waals surface area contributed by atoms with E-state index in [2.05, 4.69) is 79.3 Å². The number of rotatable bonds is 1. The summed E-state index contributed by atoms with van der Waals surface area (Å²) in [5.41, 5.74) is 3.92. The van der Waals surface area contributed by atoms with E-state index in [9.17, 15) is 0 Å². The molecule has 3 aromatic rings. The Hall–Kier alpha value is -2.55. The molecule has 0 amide bonds. The topological polar surface area (TPSA) is 19.4 Å². The Labute approximate surface area is 136 Å². The molecule has 0 spiro atoms. The standard InChI is InChI=1S/C20H21N3/c1-13-11-14(2)20(23-10-9-22(4)15(23)3)17-6-5-16-7-8-21-12-18(16)19(13)17/h5-12,15H,1-4H3/t15-/m0/s1. The van der Waals surface area contributed by atoms with Crippen LogP contribution in [-0.2, 0) is 0 Å². The summed E-state index contributed by atoms with van der Waals surface area (Å²) in [6, 6.07) is 8.84. The lowest BCUT2D eigenvalue weighted by atomic mass is 9.95. The lowest BCUT2D eigenvalue weighted by molar-refractivity contribution is 0.383. The van der Waals surface area contributed by atoms with Crippen molar-refractivity contribution < 1.29 is 0 Å². The first-order valence-electron chi connectivity index (χ1n) is 8.03. The van der Waals surface area contributed by atoms with Gasteiger partial charge < -0.3 is 9.80 Å². The van der Waals surface area contributed by atoms with Crippen molar-refractivity contribution in [2.75, 3.05) is 11.9 Å². The highest BCUT2D eigenvalue weighted by molar-refractivity contribution is 6.13. The van der Waals surface area contributed by atoms with E-state index in [1.807, 2.05) is 12.4 Å². The third kappa shape index (κ3) is 2.00. The molecule has 116 valence electrons. The normalized spacial score (nSPS) is 17.7. The van der Waals surface area contributed by atoms with Crippen molar-refractivity contribution in [1.29, 1.82) is 0 Å². The summed E-state index contributed by atoms with van der Waals surface area (Å²) in [6.07, 6.45) is 8.48. The van der Waals surface area contributed by atoms with Crippen LogP contribution in [0.3, 0.4) is 0 Å². The fraction of sp³-hybridized carbons (Fsp3) is 0.250. The monoisotopic (exact) mass is 303 g/mol. The molecular weight excluding hydrogens is 282 g/mol. The number of pyridine rings is 1. The van der Waals surface area contributed by atoms with Gasteiger partial charge in [0.25, 0.3) is 0 Å². The molecule has 0 N–H and O–H groups in total. The van der Waals surface area contributed by atoms with Crippen LogP contribution in [0.15, 0.2) is 49.1 Å². The number of benzene rings is 2. The van der Waals surface area contributed by atoms with Crippen LogP contribution in [0.1, 0.15) is 18.1 Å². The number of aromatic nitrogens is 1. The minimum atomic E-state index is 0.323. The third-order valence-corrected chi connectivity index (χ3v) is 4.99. The minimum Gasteiger partial charge on any atom is -0.359 e. The van der Waals surface area contributed by atoms with Gasteiger partial charge in [0.2, 0.25) is 0 Å². The first-order chi connectivity index (χ1) is 11.1. The van der Waals surface area contributed by atoms with Crippen molar-refractivity contribution in [1.82, 2.24) is 9.88 Å². The molecule has 0 aliphatic carbocycles. The number of aryl methyl sites for hydroxylation is 2. The summed E-state index contributed by atoms with van der Waals surface area (Å²) in [5.74, 6) is 0. The average Bonchev–Trinajstić information content (AvgIpc) is 2.86. The lowest BCUT2D eigenvalue weighted by Gasteiger charge is -2.30. The van der Waals surface area contributed by atoms with E-state index >= 15 is 0 Å². The number of hydrogen-bond donors (Lipinski definition) is 0. The summed E-state index contributed by atoms with van der Waals surface area (Å²) in [4.78, 5) is 8.94. The fourth-order valence-corrected chi connectivity index (χ4v) is 3.69. The Morgan fingerprint density at radius 1 is 1.00 bits per heavy atom. The summed E-state index contributed by atoms with van der Waals surface area (Å²) < 4.78 is 0. The van der Waals surface area contributed by atoms with E-state index in [0.717, 1.165) is 0 Å². The van der Waals surface area contributed by atoms with Crippen molar-refractivity contribution in [3.8, 4) is 0 Å². The van der Waals surface area contributed by atoms with Crippen LogP contribution in [0.25, 0.3) is 21.5 Å². The van der Waals surface area contributed by atoms with E-state index < -0.39 is 0 Å². The summed E-state index contributed by atoms with van der Waals surface area (Å²) in [7, 11) is 2.12. The second-order valence-corrected chi connectivity index (χ2v) is 6.45. The lowest BCUT2D eigenvalue weighted by Crippen LogP contribution is -2.33. The van der Waals surface area contributed by atoms with Crippen molar-refractivity contribution in [3.63, 3.8) is 0 Å². The van der Waals surface area contributed by atoms with E-state index in [0.29, 0.717) is 6.17 Å². The highest BCUT2D eigenvalue weighted by atomic mass is 15.4. The van der Waals surface area contributed by atoms with Gasteiger partial charge in [-0.25, -0.2) is 0 Å². The summed E-state index contributed by atoms with van der Waals surface area (Å²) in [5, 5.41) is 5.08. The molecular formula is C20H21N3. The number of nitrogens with zero attached hydrogens (tertiary/aromatic N) is 3. The molecule has 2 heterocycles. The molecule has 1 aliphatic rings. The number of fused-ring (bicyclic) bond motifs is 3. The maximum Gasteiger partial charge on any atom is 0.102 e. The average molecular weight is 303 g/mol. The molecule has 1 aromatic heterocycles. The van der Waals surface area contributed by atoms with Crippen LogP contribution in [0.4, 0.5) is 5.69 Å². The molecule has 4 rings (SSSR count). The van der Waals surface area contributed by atoms with Crippen molar-refractivity contribution in [3.05, 3.63) is 60.2 Å². The summed E-state index contributed by atoms with van der Waals surface area (Å²) in [6.45, 7) is 6.63. The van der Waals surface area contributed by atoms with Crippen LogP contribution in [0.5, 0.6) is 0 Å². The largest absolute Gasteiger partial charge is 0.359 e. The number of hydrogen-bond acceptors (Lipinski definition) is 3. The van der Waals surface area contributed by atoms with Gasteiger partial charge in [0.05, 0.1) is 5.69 Å². The number of anilines is 1. The van der Waals surface area contributed by atoms with Gasteiger partial charge in [0, 0.05) is 42.6 Å².